The molecule has 0 aliphatic carbocycles. The summed E-state index contributed by atoms with van der Waals surface area (Å²) in [4.78, 5) is 23.8. The van der Waals surface area contributed by atoms with Crippen molar-refractivity contribution in [2.75, 3.05) is 26.8 Å². The van der Waals surface area contributed by atoms with Gasteiger partial charge in [-0.1, -0.05) is 0 Å². The summed E-state index contributed by atoms with van der Waals surface area (Å²) in [5.41, 5.74) is 10.5. The van der Waals surface area contributed by atoms with Gasteiger partial charge in [-0.25, -0.2) is 0 Å². The van der Waals surface area contributed by atoms with Crippen LogP contribution in [0.1, 0.15) is 13.3 Å². The molecule has 15 heavy (non-hydrogen) atoms. The first kappa shape index (κ1) is 13.9. The van der Waals surface area contributed by atoms with Crippen LogP contribution in [0.25, 0.3) is 0 Å². The number of primary amides is 1. The predicted octanol–water partition coefficient (Wildman–Crippen LogP) is -1.32. The Hall–Kier alpha value is -1.14. The highest BCUT2D eigenvalue weighted by molar-refractivity contribution is 5.87. The molecule has 6 heteroatoms. The first-order chi connectivity index (χ1) is 7.02. The van der Waals surface area contributed by atoms with Crippen LogP contribution >= 0.6 is 0 Å². The number of hydrogen-bond donors (Lipinski definition) is 2. The van der Waals surface area contributed by atoms with Gasteiger partial charge < -0.3 is 21.1 Å². The van der Waals surface area contributed by atoms with Crippen molar-refractivity contribution in [3.8, 4) is 0 Å². The number of likely N-dealkylation sites (N-methyl/N-ethyl adjacent to an activating group) is 1. The van der Waals surface area contributed by atoms with E-state index in [0.717, 1.165) is 0 Å². The van der Waals surface area contributed by atoms with Gasteiger partial charge in [-0.3, -0.25) is 9.59 Å². The Morgan fingerprint density at radius 2 is 2.07 bits per heavy atom. The molecule has 0 aliphatic heterocycles. The summed E-state index contributed by atoms with van der Waals surface area (Å²) in [6.45, 7) is 3.29. The van der Waals surface area contributed by atoms with Crippen LogP contribution in [0.2, 0.25) is 0 Å². The monoisotopic (exact) mass is 217 g/mol. The summed E-state index contributed by atoms with van der Waals surface area (Å²) in [7, 11) is 1.56. The van der Waals surface area contributed by atoms with Gasteiger partial charge in [0.05, 0.1) is 19.1 Å². The van der Waals surface area contributed by atoms with Crippen molar-refractivity contribution >= 4 is 11.8 Å². The Labute approximate surface area is 89.5 Å². The second kappa shape index (κ2) is 7.19. The van der Waals surface area contributed by atoms with Crippen molar-refractivity contribution < 1.29 is 14.3 Å². The maximum absolute atomic E-state index is 11.7. The van der Waals surface area contributed by atoms with Crippen LogP contribution in [-0.4, -0.2) is 49.6 Å². The summed E-state index contributed by atoms with van der Waals surface area (Å²) < 4.78 is 4.86. The van der Waals surface area contributed by atoms with Crippen LogP contribution in [0.15, 0.2) is 0 Å². The normalized spacial score (nSPS) is 12.2. The molecule has 0 fully saturated rings. The van der Waals surface area contributed by atoms with Crippen LogP contribution in [0.3, 0.4) is 0 Å². The Morgan fingerprint density at radius 3 is 2.47 bits per heavy atom. The number of amides is 2. The van der Waals surface area contributed by atoms with E-state index in [4.69, 9.17) is 16.2 Å². The highest BCUT2D eigenvalue weighted by atomic mass is 16.5. The first-order valence-electron chi connectivity index (χ1n) is 4.84. The number of hydrogen-bond acceptors (Lipinski definition) is 4. The molecule has 0 heterocycles. The summed E-state index contributed by atoms with van der Waals surface area (Å²) in [5, 5.41) is 0. The molecule has 0 aromatic rings. The zero-order valence-corrected chi connectivity index (χ0v) is 9.23. The van der Waals surface area contributed by atoms with E-state index in [1.807, 2.05) is 6.92 Å². The topological polar surface area (TPSA) is 98.7 Å². The van der Waals surface area contributed by atoms with Crippen molar-refractivity contribution in [3.63, 3.8) is 0 Å². The zero-order valence-electron chi connectivity index (χ0n) is 9.23. The highest BCUT2D eigenvalue weighted by Crippen LogP contribution is 1.97. The van der Waals surface area contributed by atoms with Gasteiger partial charge in [0.2, 0.25) is 11.8 Å². The summed E-state index contributed by atoms with van der Waals surface area (Å²) >= 11 is 0. The van der Waals surface area contributed by atoms with Crippen LogP contribution < -0.4 is 11.5 Å². The lowest BCUT2D eigenvalue weighted by Crippen LogP contribution is -2.46. The Kier molecular flexibility index (Phi) is 6.64. The molecule has 0 saturated carbocycles. The average Bonchev–Trinajstić information content (AvgIpc) is 2.17. The lowest BCUT2D eigenvalue weighted by molar-refractivity contribution is -0.135. The smallest absolute Gasteiger partial charge is 0.240 e. The largest absolute Gasteiger partial charge is 0.383 e. The molecule has 0 aromatic heterocycles. The van der Waals surface area contributed by atoms with E-state index in [1.54, 1.807) is 7.11 Å². The van der Waals surface area contributed by atoms with E-state index in [-0.39, 0.29) is 12.3 Å². The maximum atomic E-state index is 11.7. The number of methoxy groups -OCH3 is 1. The molecule has 0 aliphatic rings. The average molecular weight is 217 g/mol. The van der Waals surface area contributed by atoms with Gasteiger partial charge in [0, 0.05) is 20.2 Å². The molecule has 0 radical (unpaired) electrons. The molecule has 0 bridgehead atoms. The van der Waals surface area contributed by atoms with E-state index in [2.05, 4.69) is 0 Å². The second-order valence-corrected chi connectivity index (χ2v) is 3.19. The minimum Gasteiger partial charge on any atom is -0.383 e. The van der Waals surface area contributed by atoms with Gasteiger partial charge in [0.25, 0.3) is 0 Å². The number of nitrogens with two attached hydrogens (primary N) is 2. The summed E-state index contributed by atoms with van der Waals surface area (Å²) in [6, 6.07) is -0.848. The molecule has 0 rings (SSSR count). The number of carbonyl (C=O) groups excluding carboxylic acids is 2. The summed E-state index contributed by atoms with van der Waals surface area (Å²) in [6.07, 6.45) is -0.123. The van der Waals surface area contributed by atoms with Gasteiger partial charge in [0.1, 0.15) is 0 Å². The van der Waals surface area contributed by atoms with Crippen molar-refractivity contribution in [1.29, 1.82) is 0 Å². The van der Waals surface area contributed by atoms with Crippen LogP contribution in [0.5, 0.6) is 0 Å². The van der Waals surface area contributed by atoms with E-state index in [1.165, 1.54) is 4.90 Å². The SMILES string of the molecule is CCN(CCOC)C(=O)C(N)CC(N)=O. The van der Waals surface area contributed by atoms with Crippen molar-refractivity contribution in [2.24, 2.45) is 11.5 Å². The molecule has 0 saturated heterocycles. The molecular formula is C9H19N3O3. The molecule has 4 N–H and O–H groups in total. The van der Waals surface area contributed by atoms with E-state index >= 15 is 0 Å². The fourth-order valence-corrected chi connectivity index (χ4v) is 1.16. The Bertz CT molecular complexity index is 221. The minimum absolute atomic E-state index is 0.123. The van der Waals surface area contributed by atoms with Gasteiger partial charge in [-0.05, 0) is 6.92 Å². The minimum atomic E-state index is -0.848. The molecule has 1 unspecified atom stereocenters. The van der Waals surface area contributed by atoms with Crippen LogP contribution in [0, 0.1) is 0 Å². The number of nitrogens with zero attached hydrogens (tertiary/aromatic N) is 1. The van der Waals surface area contributed by atoms with Crippen molar-refractivity contribution in [2.45, 2.75) is 19.4 Å². The van der Waals surface area contributed by atoms with Gasteiger partial charge >= 0.3 is 0 Å². The third-order valence-electron chi connectivity index (χ3n) is 2.00. The standard InChI is InChI=1S/C9H19N3O3/c1-3-12(4-5-15-2)9(14)7(10)6-8(11)13/h7H,3-6,10H2,1-2H3,(H2,11,13). The van der Waals surface area contributed by atoms with Gasteiger partial charge in [-0.2, -0.15) is 0 Å². The van der Waals surface area contributed by atoms with Crippen molar-refractivity contribution in [1.82, 2.24) is 4.90 Å². The number of rotatable bonds is 7. The molecule has 0 aromatic carbocycles. The molecule has 1 atom stereocenters. The Balaban J connectivity index is 4.17. The molecule has 6 nitrogen and oxygen atoms in total. The lowest BCUT2D eigenvalue weighted by atomic mass is 10.2. The fourth-order valence-electron chi connectivity index (χ4n) is 1.16. The van der Waals surface area contributed by atoms with Gasteiger partial charge in [-0.15, -0.1) is 0 Å². The zero-order chi connectivity index (χ0) is 11.8. The maximum Gasteiger partial charge on any atom is 0.240 e. The fraction of sp³-hybridized carbons (Fsp3) is 0.778. The van der Waals surface area contributed by atoms with Crippen LogP contribution in [0.4, 0.5) is 0 Å². The van der Waals surface area contributed by atoms with Crippen molar-refractivity contribution in [3.05, 3.63) is 0 Å². The molecule has 0 spiro atoms. The predicted molar refractivity (Wildman–Crippen MR) is 55.9 cm³/mol. The number of carbonyl (C=O) groups is 2. The highest BCUT2D eigenvalue weighted by Gasteiger charge is 2.20. The van der Waals surface area contributed by atoms with E-state index in [9.17, 15) is 9.59 Å². The third kappa shape index (κ3) is 5.34. The first-order valence-corrected chi connectivity index (χ1v) is 4.84. The second-order valence-electron chi connectivity index (χ2n) is 3.19. The third-order valence-corrected chi connectivity index (χ3v) is 2.00. The summed E-state index contributed by atoms with van der Waals surface area (Å²) in [5.74, 6) is -0.841. The van der Waals surface area contributed by atoms with E-state index < -0.39 is 11.9 Å². The molecule has 2 amide bonds. The molecule has 88 valence electrons. The Morgan fingerprint density at radius 1 is 1.47 bits per heavy atom. The van der Waals surface area contributed by atoms with Crippen LogP contribution in [-0.2, 0) is 14.3 Å². The lowest BCUT2D eigenvalue weighted by Gasteiger charge is -2.23. The van der Waals surface area contributed by atoms with Gasteiger partial charge in [0.15, 0.2) is 0 Å². The molecular weight excluding hydrogens is 198 g/mol. The number of ether oxygens (including phenoxy) is 1. The van der Waals surface area contributed by atoms with E-state index in [0.29, 0.717) is 19.7 Å². The quantitative estimate of drug-likeness (QED) is 0.552.